The molecule has 3 heterocycles. The largest absolute Gasteiger partial charge is 0.368 e. The van der Waals surface area contributed by atoms with Crippen LogP contribution in [0.25, 0.3) is 16.7 Å². The molecule has 150 valence electrons. The Morgan fingerprint density at radius 3 is 2.79 bits per heavy atom. The van der Waals surface area contributed by atoms with E-state index in [-0.39, 0.29) is 0 Å². The Hall–Kier alpha value is -3.06. The minimum atomic E-state index is 0.316. The molecule has 29 heavy (non-hydrogen) atoms. The molecule has 3 aromatic rings. The van der Waals surface area contributed by atoms with Crippen molar-refractivity contribution in [3.63, 3.8) is 0 Å². The summed E-state index contributed by atoms with van der Waals surface area (Å²) in [6.45, 7) is 4.02. The number of hydrogen-bond donors (Lipinski definition) is 1. The number of anilines is 1. The zero-order chi connectivity index (χ0) is 20.4. The maximum absolute atomic E-state index is 5.93. The lowest BCUT2D eigenvalue weighted by molar-refractivity contribution is 0.380. The number of allylic oxidation sites excluding steroid dienone is 1. The van der Waals surface area contributed by atoms with Crippen molar-refractivity contribution in [3.8, 4) is 11.1 Å². The topological polar surface area (TPSA) is 85.8 Å². The van der Waals surface area contributed by atoms with E-state index in [1.54, 1.807) is 0 Å². The van der Waals surface area contributed by atoms with E-state index >= 15 is 0 Å². The lowest BCUT2D eigenvalue weighted by Gasteiger charge is -2.09. The molecule has 0 atom stereocenters. The summed E-state index contributed by atoms with van der Waals surface area (Å²) in [7, 11) is 4.18. The zero-order valence-electron chi connectivity index (χ0n) is 17.3. The fourth-order valence-electron chi connectivity index (χ4n) is 3.62. The third-order valence-electron chi connectivity index (χ3n) is 5.15. The van der Waals surface area contributed by atoms with E-state index in [4.69, 9.17) is 10.7 Å². The van der Waals surface area contributed by atoms with Gasteiger partial charge in [-0.05, 0) is 45.6 Å². The van der Waals surface area contributed by atoms with Crippen molar-refractivity contribution < 1.29 is 0 Å². The van der Waals surface area contributed by atoms with Crippen LogP contribution < -0.4 is 5.73 Å². The van der Waals surface area contributed by atoms with Gasteiger partial charge in [0.05, 0.1) is 17.6 Å². The summed E-state index contributed by atoms with van der Waals surface area (Å²) in [5.41, 5.74) is 13.1. The Bertz CT molecular complexity index is 1050. The average Bonchev–Trinajstić information content (AvgIpc) is 3.33. The van der Waals surface area contributed by atoms with Crippen LogP contribution in [0.1, 0.15) is 36.0 Å². The van der Waals surface area contributed by atoms with Crippen molar-refractivity contribution in [2.45, 2.75) is 32.7 Å². The van der Waals surface area contributed by atoms with Crippen molar-refractivity contribution in [2.24, 2.45) is 0 Å². The molecule has 0 saturated carbocycles. The van der Waals surface area contributed by atoms with Crippen LogP contribution in [0.3, 0.4) is 0 Å². The van der Waals surface area contributed by atoms with Gasteiger partial charge in [0.2, 0.25) is 5.95 Å². The van der Waals surface area contributed by atoms with Gasteiger partial charge in [-0.25, -0.2) is 9.97 Å². The Morgan fingerprint density at radius 2 is 2.00 bits per heavy atom. The van der Waals surface area contributed by atoms with E-state index in [0.29, 0.717) is 5.95 Å². The van der Waals surface area contributed by atoms with Gasteiger partial charge in [-0.1, -0.05) is 13.0 Å². The van der Waals surface area contributed by atoms with Crippen LogP contribution in [0.2, 0.25) is 0 Å². The van der Waals surface area contributed by atoms with Crippen LogP contribution in [-0.2, 0) is 19.4 Å². The normalized spacial score (nSPS) is 13.0. The van der Waals surface area contributed by atoms with Crippen molar-refractivity contribution >= 4 is 11.5 Å². The molecule has 3 aromatic heterocycles. The lowest BCUT2D eigenvalue weighted by atomic mass is 10.0. The highest BCUT2D eigenvalue weighted by molar-refractivity contribution is 5.84. The average molecular weight is 390 g/mol. The predicted octanol–water partition coefficient (Wildman–Crippen LogP) is 2.82. The minimum Gasteiger partial charge on any atom is -0.368 e. The Balaban J connectivity index is 1.60. The number of hydrogen-bond acceptors (Lipinski definition) is 6. The molecule has 4 rings (SSSR count). The van der Waals surface area contributed by atoms with Gasteiger partial charge in [-0.3, -0.25) is 9.67 Å². The molecule has 0 bridgehead atoms. The van der Waals surface area contributed by atoms with Gasteiger partial charge in [-0.15, -0.1) is 0 Å². The molecule has 2 N–H and O–H groups in total. The number of nitrogens with zero attached hydrogens (tertiary/aromatic N) is 6. The van der Waals surface area contributed by atoms with Gasteiger partial charge in [0.15, 0.2) is 0 Å². The lowest BCUT2D eigenvalue weighted by Crippen LogP contribution is -2.15. The molecule has 0 radical (unpaired) electrons. The van der Waals surface area contributed by atoms with Crippen LogP contribution >= 0.6 is 0 Å². The van der Waals surface area contributed by atoms with Crippen LogP contribution in [-0.4, -0.2) is 50.3 Å². The molecule has 0 aliphatic heterocycles. The van der Waals surface area contributed by atoms with Gasteiger partial charge in [-0.2, -0.15) is 5.10 Å². The first-order chi connectivity index (χ1) is 14.0. The number of rotatable bonds is 7. The van der Waals surface area contributed by atoms with Gasteiger partial charge >= 0.3 is 0 Å². The number of fused-ring (bicyclic) bond motifs is 1. The van der Waals surface area contributed by atoms with E-state index in [1.807, 2.05) is 23.1 Å². The molecule has 7 heteroatoms. The Kier molecular flexibility index (Phi) is 5.40. The monoisotopic (exact) mass is 389 g/mol. The minimum absolute atomic E-state index is 0.316. The summed E-state index contributed by atoms with van der Waals surface area (Å²) < 4.78 is 2.00. The first kappa shape index (κ1) is 19.3. The highest BCUT2D eigenvalue weighted by atomic mass is 15.3. The number of nitrogen functional groups attached to an aromatic ring is 1. The fourth-order valence-corrected chi connectivity index (χ4v) is 3.62. The van der Waals surface area contributed by atoms with Crippen LogP contribution in [0.15, 0.2) is 36.8 Å². The molecule has 7 nitrogen and oxygen atoms in total. The van der Waals surface area contributed by atoms with E-state index < -0.39 is 0 Å². The van der Waals surface area contributed by atoms with E-state index in [2.05, 4.69) is 59.3 Å². The molecule has 0 aromatic carbocycles. The second-order valence-electron chi connectivity index (χ2n) is 7.65. The zero-order valence-corrected chi connectivity index (χ0v) is 17.3. The third-order valence-corrected chi connectivity index (χ3v) is 5.15. The summed E-state index contributed by atoms with van der Waals surface area (Å²) >= 11 is 0. The molecule has 1 aliphatic carbocycles. The van der Waals surface area contributed by atoms with Gasteiger partial charge in [0, 0.05) is 53.3 Å². The predicted molar refractivity (Wildman–Crippen MR) is 115 cm³/mol. The summed E-state index contributed by atoms with van der Waals surface area (Å²) in [5.74, 6) is 0.316. The molecule has 0 amide bonds. The first-order valence-corrected chi connectivity index (χ1v) is 10.0. The summed E-state index contributed by atoms with van der Waals surface area (Å²) in [5, 5.41) is 4.51. The molecule has 0 fully saturated rings. The third kappa shape index (κ3) is 4.19. The highest BCUT2D eigenvalue weighted by Gasteiger charge is 2.20. The number of aryl methyl sites for hydroxylation is 2. The summed E-state index contributed by atoms with van der Waals surface area (Å²) in [6.07, 6.45) is 10.8. The van der Waals surface area contributed by atoms with E-state index in [9.17, 15) is 0 Å². The van der Waals surface area contributed by atoms with Crippen LogP contribution in [0.5, 0.6) is 0 Å². The van der Waals surface area contributed by atoms with Gasteiger partial charge in [0.25, 0.3) is 0 Å². The smallest absolute Gasteiger partial charge is 0.220 e. The molecular weight excluding hydrogens is 362 g/mol. The summed E-state index contributed by atoms with van der Waals surface area (Å²) in [6, 6.07) is 4.21. The Morgan fingerprint density at radius 1 is 1.14 bits per heavy atom. The molecule has 0 saturated heterocycles. The Labute approximate surface area is 171 Å². The molecular formula is C22H27N7. The first-order valence-electron chi connectivity index (χ1n) is 10.0. The standard InChI is InChI=1S/C22H27N7/c1-4-17-11-21(27-22(23)26-17)18-6-7-20-19(18)10-15(12-24-20)16-13-25-29(14-16)9-5-8-28(2)3/h6,10-14H,4-5,7-9H2,1-3H3,(H2,23,26,27). The fraction of sp³-hybridized carbons (Fsp3) is 0.364. The van der Waals surface area contributed by atoms with Gasteiger partial charge < -0.3 is 10.6 Å². The van der Waals surface area contributed by atoms with E-state index in [1.165, 1.54) is 0 Å². The molecule has 0 unspecified atom stereocenters. The van der Waals surface area contributed by atoms with Crippen molar-refractivity contribution in [3.05, 3.63) is 59.4 Å². The maximum Gasteiger partial charge on any atom is 0.220 e. The summed E-state index contributed by atoms with van der Waals surface area (Å²) in [4.78, 5) is 15.6. The van der Waals surface area contributed by atoms with Crippen molar-refractivity contribution in [1.29, 1.82) is 0 Å². The van der Waals surface area contributed by atoms with Crippen molar-refractivity contribution in [2.75, 3.05) is 26.4 Å². The van der Waals surface area contributed by atoms with Crippen molar-refractivity contribution in [1.82, 2.24) is 29.6 Å². The van der Waals surface area contributed by atoms with Crippen LogP contribution in [0.4, 0.5) is 5.95 Å². The highest BCUT2D eigenvalue weighted by Crippen LogP contribution is 2.34. The quantitative estimate of drug-likeness (QED) is 0.669. The number of aromatic nitrogens is 5. The molecule has 0 spiro atoms. The second kappa shape index (κ2) is 8.13. The van der Waals surface area contributed by atoms with Crippen LogP contribution in [0, 0.1) is 0 Å². The van der Waals surface area contributed by atoms with E-state index in [0.717, 1.165) is 71.7 Å². The van der Waals surface area contributed by atoms with Gasteiger partial charge in [0.1, 0.15) is 0 Å². The maximum atomic E-state index is 5.93. The number of nitrogens with two attached hydrogens (primary N) is 1. The number of pyridine rings is 1. The molecule has 1 aliphatic rings. The SMILES string of the molecule is CCc1cc(C2=CCc3ncc(-c4cnn(CCCN(C)C)c4)cc32)nc(N)n1. The second-order valence-corrected chi connectivity index (χ2v) is 7.65.